The molecular formula is C18H22N2O. The number of carbonyl (C=O) groups is 1. The molecule has 0 aromatic heterocycles. The average Bonchev–Trinajstić information content (AvgIpc) is 2.51. The van der Waals surface area contributed by atoms with E-state index in [0.717, 1.165) is 5.56 Å². The predicted molar refractivity (Wildman–Crippen MR) is 87.0 cm³/mol. The summed E-state index contributed by atoms with van der Waals surface area (Å²) >= 11 is 0. The Bertz CT molecular complexity index is 608. The summed E-state index contributed by atoms with van der Waals surface area (Å²) in [7, 11) is 1.85. The molecule has 2 rings (SSSR count). The standard InChI is InChI=1S/C18H22N2O/c1-14-5-3-7-16(11-14)17-8-4-6-15(12-17)13-20-18(21)9-10-19-2/h3-8,11-12,19H,9-10,13H2,1-2H3,(H,20,21). The number of aryl methyl sites for hydroxylation is 1. The van der Waals surface area contributed by atoms with E-state index in [2.05, 4.69) is 54.0 Å². The van der Waals surface area contributed by atoms with E-state index in [-0.39, 0.29) is 5.91 Å². The molecule has 3 heteroatoms. The van der Waals surface area contributed by atoms with Gasteiger partial charge < -0.3 is 10.6 Å². The van der Waals surface area contributed by atoms with E-state index < -0.39 is 0 Å². The molecule has 0 atom stereocenters. The first-order valence-electron chi connectivity index (χ1n) is 7.26. The first-order chi connectivity index (χ1) is 10.2. The van der Waals surface area contributed by atoms with Crippen molar-refractivity contribution in [2.24, 2.45) is 0 Å². The fraction of sp³-hybridized carbons (Fsp3) is 0.278. The normalized spacial score (nSPS) is 10.4. The third-order valence-corrected chi connectivity index (χ3v) is 3.37. The van der Waals surface area contributed by atoms with E-state index >= 15 is 0 Å². The summed E-state index contributed by atoms with van der Waals surface area (Å²) in [4.78, 5) is 11.6. The van der Waals surface area contributed by atoms with Gasteiger partial charge in [0.2, 0.25) is 5.91 Å². The first kappa shape index (κ1) is 15.3. The zero-order valence-electron chi connectivity index (χ0n) is 12.6. The molecule has 0 aliphatic carbocycles. The van der Waals surface area contributed by atoms with E-state index in [1.54, 1.807) is 0 Å². The van der Waals surface area contributed by atoms with Crippen LogP contribution >= 0.6 is 0 Å². The largest absolute Gasteiger partial charge is 0.352 e. The van der Waals surface area contributed by atoms with Gasteiger partial charge >= 0.3 is 0 Å². The van der Waals surface area contributed by atoms with Crippen molar-refractivity contribution in [3.8, 4) is 11.1 Å². The van der Waals surface area contributed by atoms with Gasteiger partial charge in [-0.25, -0.2) is 0 Å². The molecule has 0 aliphatic heterocycles. The van der Waals surface area contributed by atoms with Crippen LogP contribution in [-0.4, -0.2) is 19.5 Å². The molecule has 110 valence electrons. The summed E-state index contributed by atoms with van der Waals surface area (Å²) in [6, 6.07) is 16.7. The molecular weight excluding hydrogens is 260 g/mol. The fourth-order valence-electron chi connectivity index (χ4n) is 2.21. The third kappa shape index (κ3) is 4.72. The van der Waals surface area contributed by atoms with E-state index in [9.17, 15) is 4.79 Å². The quantitative estimate of drug-likeness (QED) is 0.855. The SMILES string of the molecule is CNCCC(=O)NCc1cccc(-c2cccc(C)c2)c1. The number of carbonyl (C=O) groups excluding carboxylic acids is 1. The molecule has 0 heterocycles. The Morgan fingerprint density at radius 1 is 1.05 bits per heavy atom. The molecule has 1 amide bonds. The second-order valence-electron chi connectivity index (χ2n) is 5.20. The highest BCUT2D eigenvalue weighted by atomic mass is 16.1. The van der Waals surface area contributed by atoms with Gasteiger partial charge in [0.25, 0.3) is 0 Å². The minimum atomic E-state index is 0.0744. The number of benzene rings is 2. The van der Waals surface area contributed by atoms with E-state index in [0.29, 0.717) is 19.5 Å². The molecule has 0 saturated carbocycles. The van der Waals surface area contributed by atoms with Gasteiger partial charge in [-0.2, -0.15) is 0 Å². The molecule has 2 aromatic rings. The van der Waals surface area contributed by atoms with E-state index in [4.69, 9.17) is 0 Å². The highest BCUT2D eigenvalue weighted by Crippen LogP contribution is 2.21. The van der Waals surface area contributed by atoms with Gasteiger partial charge in [-0.1, -0.05) is 48.0 Å². The number of amides is 1. The van der Waals surface area contributed by atoms with Crippen LogP contribution in [0.5, 0.6) is 0 Å². The highest BCUT2D eigenvalue weighted by Gasteiger charge is 2.02. The highest BCUT2D eigenvalue weighted by molar-refractivity contribution is 5.76. The Balaban J connectivity index is 2.03. The van der Waals surface area contributed by atoms with E-state index in [1.165, 1.54) is 16.7 Å². The van der Waals surface area contributed by atoms with Crippen LogP contribution in [0.3, 0.4) is 0 Å². The molecule has 0 aliphatic rings. The van der Waals surface area contributed by atoms with Crippen molar-refractivity contribution in [2.75, 3.05) is 13.6 Å². The lowest BCUT2D eigenvalue weighted by Gasteiger charge is -2.08. The summed E-state index contributed by atoms with van der Waals surface area (Å²) in [6.45, 7) is 3.37. The van der Waals surface area contributed by atoms with Gasteiger partial charge in [0.1, 0.15) is 0 Å². The second kappa shape index (κ2) is 7.60. The van der Waals surface area contributed by atoms with Gasteiger partial charge in [0.05, 0.1) is 0 Å². The van der Waals surface area contributed by atoms with Crippen LogP contribution in [0.15, 0.2) is 48.5 Å². The van der Waals surface area contributed by atoms with Crippen molar-refractivity contribution in [1.29, 1.82) is 0 Å². The predicted octanol–water partition coefficient (Wildman–Crippen LogP) is 2.89. The van der Waals surface area contributed by atoms with Crippen molar-refractivity contribution in [3.05, 3.63) is 59.7 Å². The summed E-state index contributed by atoms with van der Waals surface area (Å²) in [6.07, 6.45) is 0.508. The molecule has 21 heavy (non-hydrogen) atoms. The van der Waals surface area contributed by atoms with Crippen molar-refractivity contribution in [1.82, 2.24) is 10.6 Å². The van der Waals surface area contributed by atoms with Crippen LogP contribution in [0.4, 0.5) is 0 Å². The number of hydrogen-bond donors (Lipinski definition) is 2. The van der Waals surface area contributed by atoms with Gasteiger partial charge in [-0.05, 0) is 36.7 Å². The molecule has 0 saturated heterocycles. The summed E-state index contributed by atoms with van der Waals surface area (Å²) in [5, 5.41) is 5.92. The third-order valence-electron chi connectivity index (χ3n) is 3.37. The summed E-state index contributed by atoms with van der Waals surface area (Å²) in [5.74, 6) is 0.0744. The van der Waals surface area contributed by atoms with Gasteiger partial charge in [-0.3, -0.25) is 4.79 Å². The van der Waals surface area contributed by atoms with Crippen LogP contribution in [0.1, 0.15) is 17.5 Å². The van der Waals surface area contributed by atoms with Crippen molar-refractivity contribution in [2.45, 2.75) is 19.9 Å². The van der Waals surface area contributed by atoms with Crippen LogP contribution in [0.2, 0.25) is 0 Å². The molecule has 0 unspecified atom stereocenters. The second-order valence-corrected chi connectivity index (χ2v) is 5.20. The lowest BCUT2D eigenvalue weighted by atomic mass is 10.0. The van der Waals surface area contributed by atoms with E-state index in [1.807, 2.05) is 19.2 Å². The maximum absolute atomic E-state index is 11.6. The minimum Gasteiger partial charge on any atom is -0.352 e. The van der Waals surface area contributed by atoms with Gasteiger partial charge in [0.15, 0.2) is 0 Å². The van der Waals surface area contributed by atoms with Gasteiger partial charge in [0, 0.05) is 19.5 Å². The average molecular weight is 282 g/mol. The van der Waals surface area contributed by atoms with Crippen molar-refractivity contribution >= 4 is 5.91 Å². The Hall–Kier alpha value is -2.13. The zero-order valence-corrected chi connectivity index (χ0v) is 12.6. The maximum Gasteiger partial charge on any atom is 0.221 e. The Morgan fingerprint density at radius 2 is 1.76 bits per heavy atom. The van der Waals surface area contributed by atoms with Crippen molar-refractivity contribution < 1.29 is 4.79 Å². The molecule has 0 fully saturated rings. The summed E-state index contributed by atoms with van der Waals surface area (Å²) < 4.78 is 0. The van der Waals surface area contributed by atoms with Crippen LogP contribution in [0.25, 0.3) is 11.1 Å². The zero-order chi connectivity index (χ0) is 15.1. The number of rotatable bonds is 6. The number of nitrogens with one attached hydrogen (secondary N) is 2. The van der Waals surface area contributed by atoms with Crippen LogP contribution < -0.4 is 10.6 Å². The van der Waals surface area contributed by atoms with Gasteiger partial charge in [-0.15, -0.1) is 0 Å². The maximum atomic E-state index is 11.6. The summed E-state index contributed by atoms with van der Waals surface area (Å²) in [5.41, 5.74) is 4.75. The molecule has 2 N–H and O–H groups in total. The fourth-order valence-corrected chi connectivity index (χ4v) is 2.21. The lowest BCUT2D eigenvalue weighted by Crippen LogP contribution is -2.26. The molecule has 0 radical (unpaired) electrons. The Morgan fingerprint density at radius 3 is 2.48 bits per heavy atom. The number of hydrogen-bond acceptors (Lipinski definition) is 2. The molecule has 0 spiro atoms. The van der Waals surface area contributed by atoms with Crippen LogP contribution in [0, 0.1) is 6.92 Å². The van der Waals surface area contributed by atoms with Crippen molar-refractivity contribution in [3.63, 3.8) is 0 Å². The Labute approximate surface area is 126 Å². The molecule has 3 nitrogen and oxygen atoms in total. The lowest BCUT2D eigenvalue weighted by molar-refractivity contribution is -0.121. The minimum absolute atomic E-state index is 0.0744. The van der Waals surface area contributed by atoms with Crippen LogP contribution in [-0.2, 0) is 11.3 Å². The Kier molecular flexibility index (Phi) is 5.52. The monoisotopic (exact) mass is 282 g/mol. The first-order valence-corrected chi connectivity index (χ1v) is 7.26. The smallest absolute Gasteiger partial charge is 0.221 e. The topological polar surface area (TPSA) is 41.1 Å². The molecule has 0 bridgehead atoms. The molecule has 2 aromatic carbocycles.